The Hall–Kier alpha value is -3.46. The van der Waals surface area contributed by atoms with Crippen molar-refractivity contribution in [3.05, 3.63) is 53.3 Å². The second-order valence-corrected chi connectivity index (χ2v) is 7.54. The van der Waals surface area contributed by atoms with Gasteiger partial charge in [0.05, 0.1) is 51.3 Å². The number of hydrogen-bond acceptors (Lipinski definition) is 7. The summed E-state index contributed by atoms with van der Waals surface area (Å²) in [6, 6.07) is 3.85. The predicted octanol–water partition coefficient (Wildman–Crippen LogP) is 1.94. The maximum Gasteiger partial charge on any atom is 0.101 e. The average molecular weight is 406 g/mol. The van der Waals surface area contributed by atoms with Gasteiger partial charge in [0.2, 0.25) is 0 Å². The monoisotopic (exact) mass is 405 g/mol. The van der Waals surface area contributed by atoms with Crippen LogP contribution in [0.5, 0.6) is 0 Å². The van der Waals surface area contributed by atoms with E-state index in [1.807, 2.05) is 11.6 Å². The second kappa shape index (κ2) is 7.75. The number of nitrogens with zero attached hydrogens (tertiary/aromatic N) is 6. The van der Waals surface area contributed by atoms with E-state index in [2.05, 4.69) is 29.8 Å². The van der Waals surface area contributed by atoms with E-state index in [9.17, 15) is 0 Å². The van der Waals surface area contributed by atoms with Gasteiger partial charge in [-0.25, -0.2) is 9.98 Å². The number of unbranched alkanes of at least 4 members (excludes halogenated alkanes) is 1. The molecule has 30 heavy (non-hydrogen) atoms. The largest absolute Gasteiger partial charge is 0.397 e. The molecule has 0 aromatic carbocycles. The van der Waals surface area contributed by atoms with Crippen LogP contribution in [0.3, 0.4) is 0 Å². The molecule has 0 atom stereocenters. The molecule has 3 aromatic rings. The Morgan fingerprint density at radius 1 is 1.30 bits per heavy atom. The zero-order valence-electron chi connectivity index (χ0n) is 17.4. The maximum atomic E-state index is 6.10. The number of hydrogen-bond donors (Lipinski definition) is 3. The van der Waals surface area contributed by atoms with Crippen LogP contribution in [0.15, 0.2) is 35.5 Å². The van der Waals surface area contributed by atoms with Crippen molar-refractivity contribution < 1.29 is 0 Å². The Morgan fingerprint density at radius 2 is 2.10 bits per heavy atom. The number of fused-ring (bicyclic) bond motifs is 1. The minimum Gasteiger partial charge on any atom is -0.397 e. The molecule has 0 bridgehead atoms. The van der Waals surface area contributed by atoms with Crippen LogP contribution in [-0.2, 0) is 6.54 Å². The van der Waals surface area contributed by atoms with Crippen LogP contribution in [0.4, 0.5) is 0 Å². The molecule has 4 rings (SSSR count). The topological polar surface area (TPSA) is 139 Å². The number of nitrogens with two attached hydrogens (primary N) is 3. The van der Waals surface area contributed by atoms with Gasteiger partial charge < -0.3 is 17.3 Å². The highest BCUT2D eigenvalue weighted by molar-refractivity contribution is 6.09. The lowest BCUT2D eigenvalue weighted by atomic mass is 10.0. The van der Waals surface area contributed by atoms with E-state index in [0.717, 1.165) is 53.1 Å². The molecule has 156 valence electrons. The highest BCUT2D eigenvalue weighted by Gasteiger charge is 2.25. The van der Waals surface area contributed by atoms with Gasteiger partial charge in [0.25, 0.3) is 0 Å². The summed E-state index contributed by atoms with van der Waals surface area (Å²) in [5.74, 6) is 5.99. The number of aryl methyl sites for hydroxylation is 2. The molecule has 0 unspecified atom stereocenters. The number of aromatic nitrogens is 5. The highest BCUT2D eigenvalue weighted by atomic mass is 15.5. The van der Waals surface area contributed by atoms with E-state index in [0.29, 0.717) is 35.6 Å². The van der Waals surface area contributed by atoms with Crippen molar-refractivity contribution in [2.24, 2.45) is 16.5 Å². The van der Waals surface area contributed by atoms with Gasteiger partial charge in [-0.1, -0.05) is 19.9 Å². The molecule has 0 spiro atoms. The van der Waals surface area contributed by atoms with Crippen molar-refractivity contribution in [1.82, 2.24) is 24.7 Å². The van der Waals surface area contributed by atoms with Gasteiger partial charge in [-0.3, -0.25) is 4.68 Å². The molecule has 0 saturated carbocycles. The molecule has 0 saturated heterocycles. The van der Waals surface area contributed by atoms with E-state index in [-0.39, 0.29) is 0 Å². The Balaban J connectivity index is 1.85. The number of aliphatic imine (C=N–C) groups is 1. The molecule has 0 aliphatic carbocycles. The van der Waals surface area contributed by atoms with Gasteiger partial charge in [0.1, 0.15) is 5.69 Å². The van der Waals surface area contributed by atoms with Crippen molar-refractivity contribution in [2.75, 3.05) is 12.4 Å². The van der Waals surface area contributed by atoms with E-state index >= 15 is 0 Å². The van der Waals surface area contributed by atoms with Crippen LogP contribution in [-0.4, -0.2) is 36.9 Å². The quantitative estimate of drug-likeness (QED) is 0.513. The number of nitrogen functional groups attached to an aromatic ring is 1. The first kappa shape index (κ1) is 19.8. The van der Waals surface area contributed by atoms with E-state index < -0.39 is 0 Å². The zero-order valence-corrected chi connectivity index (χ0v) is 17.4. The molecule has 9 nitrogen and oxygen atoms in total. The Labute approximate surface area is 174 Å². The maximum absolute atomic E-state index is 6.10. The molecule has 9 heteroatoms. The van der Waals surface area contributed by atoms with Crippen molar-refractivity contribution in [1.29, 1.82) is 0 Å². The lowest BCUT2D eigenvalue weighted by Crippen LogP contribution is -2.12. The van der Waals surface area contributed by atoms with E-state index in [4.69, 9.17) is 27.3 Å². The summed E-state index contributed by atoms with van der Waals surface area (Å²) < 4.78 is 2.04. The third-order valence-corrected chi connectivity index (χ3v) is 5.28. The minimum atomic E-state index is 0.352. The van der Waals surface area contributed by atoms with Gasteiger partial charge in [-0.2, -0.15) is 15.0 Å². The van der Waals surface area contributed by atoms with Gasteiger partial charge in [-0.05, 0) is 31.1 Å². The third kappa shape index (κ3) is 3.37. The average Bonchev–Trinajstić information content (AvgIpc) is 3.42. The molecular formula is C21H27N9. The van der Waals surface area contributed by atoms with Crippen LogP contribution in [0.2, 0.25) is 0 Å². The molecule has 4 heterocycles. The molecule has 1 aliphatic rings. The summed E-state index contributed by atoms with van der Waals surface area (Å²) in [6.45, 7) is 9.21. The molecule has 3 aromatic heterocycles. The van der Waals surface area contributed by atoms with Crippen molar-refractivity contribution >= 4 is 28.0 Å². The van der Waals surface area contributed by atoms with Gasteiger partial charge in [-0.15, -0.1) is 0 Å². The number of rotatable bonds is 7. The lowest BCUT2D eigenvalue weighted by molar-refractivity contribution is 0.564. The smallest absolute Gasteiger partial charge is 0.101 e. The first-order valence-electron chi connectivity index (χ1n) is 10.1. The van der Waals surface area contributed by atoms with Crippen LogP contribution in [0.25, 0.3) is 22.3 Å². The fourth-order valence-electron chi connectivity index (χ4n) is 3.72. The van der Waals surface area contributed by atoms with Crippen LogP contribution < -0.4 is 17.3 Å². The Bertz CT molecular complexity index is 1190. The fraction of sp³-hybridized carbons (Fsp3) is 0.333. The van der Waals surface area contributed by atoms with Crippen LogP contribution >= 0.6 is 0 Å². The summed E-state index contributed by atoms with van der Waals surface area (Å²) in [4.78, 5) is 11.0. The lowest BCUT2D eigenvalue weighted by Gasteiger charge is -2.08. The normalized spacial score (nSPS) is 14.0. The van der Waals surface area contributed by atoms with Gasteiger partial charge in [0, 0.05) is 19.5 Å². The minimum absolute atomic E-state index is 0.352. The number of pyridine rings is 1. The van der Waals surface area contributed by atoms with Crippen molar-refractivity contribution in [3.63, 3.8) is 0 Å². The fourth-order valence-corrected chi connectivity index (χ4v) is 3.72. The highest BCUT2D eigenvalue weighted by Crippen LogP contribution is 2.34. The van der Waals surface area contributed by atoms with Crippen LogP contribution in [0.1, 0.15) is 49.0 Å². The first-order chi connectivity index (χ1) is 14.4. The molecular weight excluding hydrogens is 378 g/mol. The third-order valence-electron chi connectivity index (χ3n) is 5.28. The summed E-state index contributed by atoms with van der Waals surface area (Å²) in [5, 5.41) is 9.61. The predicted molar refractivity (Wildman–Crippen MR) is 120 cm³/mol. The standard InChI is InChI=1S/C21H27N9/c1-4-5-6-29-19(7-12(2)28-29)17-8-14(10-22)20(27-17)21-15-11-25-30(24)18(15)9-16(26-21)13(3)23/h7,9,11H,3-6,8,10,22-24H2,1-2H3. The van der Waals surface area contributed by atoms with Gasteiger partial charge >= 0.3 is 0 Å². The Morgan fingerprint density at radius 3 is 2.80 bits per heavy atom. The Kier molecular flexibility index (Phi) is 5.13. The summed E-state index contributed by atoms with van der Waals surface area (Å²) in [5.41, 5.74) is 19.0. The molecule has 6 N–H and O–H groups in total. The van der Waals surface area contributed by atoms with Crippen molar-refractivity contribution in [3.8, 4) is 0 Å². The SMILES string of the molecule is C=C(N)c1cc2c(cnn2N)c(C2=C(CN)CC(c3cc(C)nn3CCCC)=N2)n1. The second-order valence-electron chi connectivity index (χ2n) is 7.54. The van der Waals surface area contributed by atoms with Crippen molar-refractivity contribution in [2.45, 2.75) is 39.7 Å². The van der Waals surface area contributed by atoms with E-state index in [1.165, 1.54) is 4.79 Å². The molecule has 0 fully saturated rings. The summed E-state index contributed by atoms with van der Waals surface area (Å²) in [6.07, 6.45) is 4.49. The zero-order chi connectivity index (χ0) is 21.4. The molecule has 0 radical (unpaired) electrons. The molecule has 1 aliphatic heterocycles. The summed E-state index contributed by atoms with van der Waals surface area (Å²) >= 11 is 0. The van der Waals surface area contributed by atoms with E-state index in [1.54, 1.807) is 12.3 Å². The summed E-state index contributed by atoms with van der Waals surface area (Å²) in [7, 11) is 0. The molecule has 0 amide bonds. The van der Waals surface area contributed by atoms with Crippen LogP contribution in [0, 0.1) is 6.92 Å². The van der Waals surface area contributed by atoms with Gasteiger partial charge in [0.15, 0.2) is 0 Å². The first-order valence-corrected chi connectivity index (χ1v) is 10.1.